The molecule has 0 aliphatic carbocycles. The van der Waals surface area contributed by atoms with E-state index in [0.717, 1.165) is 35.0 Å². The third kappa shape index (κ3) is 2.80. The second-order valence-electron chi connectivity index (χ2n) is 5.73. The van der Waals surface area contributed by atoms with Gasteiger partial charge in [-0.15, -0.1) is 0 Å². The molecular formula is C18H19NO4. The third-order valence-electron chi connectivity index (χ3n) is 4.24. The summed E-state index contributed by atoms with van der Waals surface area (Å²) in [5.41, 5.74) is 8.36. The molecule has 5 heteroatoms. The largest absolute Gasteiger partial charge is 0.486 e. The molecule has 2 aliphatic rings. The van der Waals surface area contributed by atoms with E-state index >= 15 is 0 Å². The molecule has 4 rings (SSSR count). The second-order valence-corrected chi connectivity index (χ2v) is 5.73. The van der Waals surface area contributed by atoms with E-state index in [1.54, 1.807) is 0 Å². The van der Waals surface area contributed by atoms with Crippen LogP contribution in [0.25, 0.3) is 0 Å². The summed E-state index contributed by atoms with van der Waals surface area (Å²) in [5.74, 6) is 3.43. The summed E-state index contributed by atoms with van der Waals surface area (Å²) in [6, 6.07) is 12.1. The summed E-state index contributed by atoms with van der Waals surface area (Å²) in [6.45, 7) is 2.05. The van der Waals surface area contributed by atoms with Crippen LogP contribution in [0.15, 0.2) is 36.4 Å². The second kappa shape index (κ2) is 6.01. The van der Waals surface area contributed by atoms with Crippen molar-refractivity contribution in [3.8, 4) is 23.0 Å². The number of fused-ring (bicyclic) bond motifs is 2. The zero-order valence-corrected chi connectivity index (χ0v) is 12.8. The molecule has 0 fully saturated rings. The molecule has 0 amide bonds. The maximum Gasteiger partial charge on any atom is 0.231 e. The molecule has 2 heterocycles. The molecule has 23 heavy (non-hydrogen) atoms. The fraction of sp³-hybridized carbons (Fsp3) is 0.333. The summed E-state index contributed by atoms with van der Waals surface area (Å²) in [4.78, 5) is 0. The van der Waals surface area contributed by atoms with Gasteiger partial charge in [0.25, 0.3) is 0 Å². The van der Waals surface area contributed by atoms with Crippen LogP contribution in [0.4, 0.5) is 0 Å². The van der Waals surface area contributed by atoms with Gasteiger partial charge in [-0.05, 0) is 48.4 Å². The third-order valence-corrected chi connectivity index (χ3v) is 4.24. The lowest BCUT2D eigenvalue weighted by Gasteiger charge is -2.21. The predicted octanol–water partition coefficient (Wildman–Crippen LogP) is 2.47. The van der Waals surface area contributed by atoms with E-state index < -0.39 is 0 Å². The predicted molar refractivity (Wildman–Crippen MR) is 85.5 cm³/mol. The molecule has 0 bridgehead atoms. The van der Waals surface area contributed by atoms with Crippen molar-refractivity contribution in [2.24, 2.45) is 5.73 Å². The Morgan fingerprint density at radius 3 is 2.39 bits per heavy atom. The molecule has 5 nitrogen and oxygen atoms in total. The average molecular weight is 313 g/mol. The Hall–Kier alpha value is -2.40. The Morgan fingerprint density at radius 1 is 0.826 bits per heavy atom. The van der Waals surface area contributed by atoms with Gasteiger partial charge in [-0.1, -0.05) is 12.1 Å². The van der Waals surface area contributed by atoms with Crippen LogP contribution in [-0.4, -0.2) is 26.6 Å². The highest BCUT2D eigenvalue weighted by molar-refractivity contribution is 5.47. The Bertz CT molecular complexity index is 716. The zero-order chi connectivity index (χ0) is 15.6. The molecule has 0 saturated carbocycles. The Kier molecular flexibility index (Phi) is 3.71. The summed E-state index contributed by atoms with van der Waals surface area (Å²) < 4.78 is 22.0. The van der Waals surface area contributed by atoms with Crippen molar-refractivity contribution in [2.75, 3.05) is 26.6 Å². The van der Waals surface area contributed by atoms with Crippen LogP contribution in [0.2, 0.25) is 0 Å². The number of rotatable bonds is 4. The number of nitrogens with two attached hydrogens (primary N) is 1. The molecule has 1 atom stereocenters. The van der Waals surface area contributed by atoms with Crippen molar-refractivity contribution in [3.05, 3.63) is 47.5 Å². The minimum atomic E-state index is 0.214. The van der Waals surface area contributed by atoms with Crippen molar-refractivity contribution in [2.45, 2.75) is 12.3 Å². The summed E-state index contributed by atoms with van der Waals surface area (Å²) in [6.07, 6.45) is 0.840. The number of ether oxygens (including phenoxy) is 4. The van der Waals surface area contributed by atoms with Crippen LogP contribution in [0.3, 0.4) is 0 Å². The zero-order valence-electron chi connectivity index (χ0n) is 12.8. The van der Waals surface area contributed by atoms with Gasteiger partial charge in [0.2, 0.25) is 6.79 Å². The van der Waals surface area contributed by atoms with E-state index in [4.69, 9.17) is 24.7 Å². The standard InChI is InChI=1S/C18H19NO4/c19-10-14(7-12-1-3-16-17(8-12)23-11-22-16)13-2-4-15-18(9-13)21-6-5-20-15/h1-4,8-9,14H,5-7,10-11,19H2. The van der Waals surface area contributed by atoms with E-state index in [1.807, 2.05) is 24.3 Å². The van der Waals surface area contributed by atoms with Gasteiger partial charge >= 0.3 is 0 Å². The first-order chi connectivity index (χ1) is 11.3. The number of benzene rings is 2. The lowest BCUT2D eigenvalue weighted by molar-refractivity contribution is 0.171. The lowest BCUT2D eigenvalue weighted by Crippen LogP contribution is -2.18. The topological polar surface area (TPSA) is 62.9 Å². The summed E-state index contributed by atoms with van der Waals surface area (Å²) in [7, 11) is 0. The Balaban J connectivity index is 1.56. The molecule has 2 aromatic rings. The van der Waals surface area contributed by atoms with Gasteiger partial charge in [0.15, 0.2) is 23.0 Å². The Labute approximate surface area is 134 Å². The molecule has 0 aromatic heterocycles. The normalized spacial score (nSPS) is 16.2. The van der Waals surface area contributed by atoms with Crippen LogP contribution in [-0.2, 0) is 6.42 Å². The van der Waals surface area contributed by atoms with Gasteiger partial charge in [0.05, 0.1) is 0 Å². The molecule has 2 aromatic carbocycles. The first kappa shape index (κ1) is 14.2. The molecule has 2 aliphatic heterocycles. The van der Waals surface area contributed by atoms with Gasteiger partial charge in [-0.3, -0.25) is 0 Å². The maximum atomic E-state index is 6.01. The molecule has 0 saturated heterocycles. The highest BCUT2D eigenvalue weighted by Gasteiger charge is 2.18. The van der Waals surface area contributed by atoms with Gasteiger partial charge in [0.1, 0.15) is 13.2 Å². The molecule has 0 spiro atoms. The van der Waals surface area contributed by atoms with Gasteiger partial charge < -0.3 is 24.7 Å². The van der Waals surface area contributed by atoms with E-state index in [0.29, 0.717) is 26.6 Å². The molecule has 2 N–H and O–H groups in total. The first-order valence-corrected chi connectivity index (χ1v) is 7.81. The van der Waals surface area contributed by atoms with Crippen molar-refractivity contribution in [3.63, 3.8) is 0 Å². The fourth-order valence-corrected chi connectivity index (χ4v) is 3.00. The quantitative estimate of drug-likeness (QED) is 0.939. The molecule has 1 unspecified atom stereocenters. The summed E-state index contributed by atoms with van der Waals surface area (Å²) >= 11 is 0. The van der Waals surface area contributed by atoms with Crippen molar-refractivity contribution >= 4 is 0 Å². The molecule has 0 radical (unpaired) electrons. The van der Waals surface area contributed by atoms with Gasteiger partial charge in [-0.25, -0.2) is 0 Å². The maximum absolute atomic E-state index is 6.01. The minimum Gasteiger partial charge on any atom is -0.486 e. The van der Waals surface area contributed by atoms with E-state index in [1.165, 1.54) is 5.56 Å². The SMILES string of the molecule is NCC(Cc1ccc2c(c1)OCO2)c1ccc2c(c1)OCCO2. The highest BCUT2D eigenvalue weighted by Crippen LogP contribution is 2.36. The van der Waals surface area contributed by atoms with Crippen LogP contribution in [0.5, 0.6) is 23.0 Å². The average Bonchev–Trinajstić information content (AvgIpc) is 3.07. The summed E-state index contributed by atoms with van der Waals surface area (Å²) in [5, 5.41) is 0. The van der Waals surface area contributed by atoms with E-state index in [-0.39, 0.29) is 5.92 Å². The van der Waals surface area contributed by atoms with Crippen LogP contribution in [0.1, 0.15) is 17.0 Å². The fourth-order valence-electron chi connectivity index (χ4n) is 3.00. The van der Waals surface area contributed by atoms with E-state index in [9.17, 15) is 0 Å². The van der Waals surface area contributed by atoms with Crippen LogP contribution < -0.4 is 24.7 Å². The monoisotopic (exact) mass is 313 g/mol. The smallest absolute Gasteiger partial charge is 0.231 e. The van der Waals surface area contributed by atoms with Crippen molar-refractivity contribution in [1.82, 2.24) is 0 Å². The molecular weight excluding hydrogens is 294 g/mol. The van der Waals surface area contributed by atoms with Crippen molar-refractivity contribution < 1.29 is 18.9 Å². The first-order valence-electron chi connectivity index (χ1n) is 7.81. The number of hydrogen-bond donors (Lipinski definition) is 1. The minimum absolute atomic E-state index is 0.214. The number of hydrogen-bond acceptors (Lipinski definition) is 5. The van der Waals surface area contributed by atoms with Gasteiger partial charge in [0, 0.05) is 5.92 Å². The molecule has 120 valence electrons. The van der Waals surface area contributed by atoms with Crippen molar-refractivity contribution in [1.29, 1.82) is 0 Å². The van der Waals surface area contributed by atoms with E-state index in [2.05, 4.69) is 12.1 Å². The lowest BCUT2D eigenvalue weighted by atomic mass is 9.91. The Morgan fingerprint density at radius 2 is 1.52 bits per heavy atom. The van der Waals surface area contributed by atoms with Gasteiger partial charge in [-0.2, -0.15) is 0 Å². The van der Waals surface area contributed by atoms with Crippen LogP contribution in [0, 0.1) is 0 Å². The highest BCUT2D eigenvalue weighted by atomic mass is 16.7. The van der Waals surface area contributed by atoms with Crippen LogP contribution >= 0.6 is 0 Å².